The van der Waals surface area contributed by atoms with Crippen molar-refractivity contribution >= 4 is 11.6 Å². The SMILES string of the molecule is Cc1ccc(-c2nnc(CCC(=O)NCCCN(C)c3ccccc3)o2)cc1. The molecular weight excluding hydrogens is 352 g/mol. The third kappa shape index (κ3) is 5.67. The number of aromatic nitrogens is 2. The van der Waals surface area contributed by atoms with E-state index >= 15 is 0 Å². The minimum absolute atomic E-state index is 0.00236. The van der Waals surface area contributed by atoms with Crippen molar-refractivity contribution in [1.29, 1.82) is 0 Å². The van der Waals surface area contributed by atoms with Crippen molar-refractivity contribution in [3.05, 3.63) is 66.1 Å². The number of nitrogens with one attached hydrogen (secondary N) is 1. The average Bonchev–Trinajstić information content (AvgIpc) is 3.20. The predicted molar refractivity (Wildman–Crippen MR) is 110 cm³/mol. The minimum atomic E-state index is -0.00236. The first-order chi connectivity index (χ1) is 13.6. The quantitative estimate of drug-likeness (QED) is 0.576. The van der Waals surface area contributed by atoms with Gasteiger partial charge in [0, 0.05) is 44.2 Å². The summed E-state index contributed by atoms with van der Waals surface area (Å²) in [5.41, 5.74) is 3.24. The summed E-state index contributed by atoms with van der Waals surface area (Å²) in [4.78, 5) is 14.2. The molecule has 0 spiro atoms. The lowest BCUT2D eigenvalue weighted by molar-refractivity contribution is -0.121. The van der Waals surface area contributed by atoms with Crippen molar-refractivity contribution in [2.45, 2.75) is 26.2 Å². The second kappa shape index (κ2) is 9.69. The number of anilines is 1. The van der Waals surface area contributed by atoms with Crippen LogP contribution in [0.2, 0.25) is 0 Å². The van der Waals surface area contributed by atoms with Crippen LogP contribution in [0.5, 0.6) is 0 Å². The Kier molecular flexibility index (Phi) is 6.78. The summed E-state index contributed by atoms with van der Waals surface area (Å²) < 4.78 is 5.66. The number of amides is 1. The van der Waals surface area contributed by atoms with E-state index in [1.165, 1.54) is 11.3 Å². The number of rotatable bonds is 9. The fourth-order valence-electron chi connectivity index (χ4n) is 2.83. The summed E-state index contributed by atoms with van der Waals surface area (Å²) in [6, 6.07) is 18.1. The molecule has 0 aliphatic carbocycles. The van der Waals surface area contributed by atoms with E-state index in [1.807, 2.05) is 49.4 Å². The molecule has 0 saturated heterocycles. The van der Waals surface area contributed by atoms with Gasteiger partial charge in [0.2, 0.25) is 17.7 Å². The van der Waals surface area contributed by atoms with Crippen LogP contribution in [0.4, 0.5) is 5.69 Å². The molecule has 0 bridgehead atoms. The molecule has 0 aliphatic rings. The van der Waals surface area contributed by atoms with Gasteiger partial charge in [-0.05, 0) is 37.6 Å². The van der Waals surface area contributed by atoms with Crippen LogP contribution in [-0.4, -0.2) is 36.2 Å². The molecular formula is C22H26N4O2. The van der Waals surface area contributed by atoms with Crippen molar-refractivity contribution in [3.63, 3.8) is 0 Å². The van der Waals surface area contributed by atoms with Crippen LogP contribution in [0.25, 0.3) is 11.5 Å². The highest BCUT2D eigenvalue weighted by Crippen LogP contribution is 2.18. The smallest absolute Gasteiger partial charge is 0.247 e. The van der Waals surface area contributed by atoms with Crippen molar-refractivity contribution in [1.82, 2.24) is 15.5 Å². The maximum Gasteiger partial charge on any atom is 0.247 e. The molecule has 0 unspecified atom stereocenters. The third-order valence-electron chi connectivity index (χ3n) is 4.52. The highest BCUT2D eigenvalue weighted by atomic mass is 16.4. The first kappa shape index (κ1) is 19.6. The van der Waals surface area contributed by atoms with Gasteiger partial charge in [-0.2, -0.15) is 0 Å². The normalized spacial score (nSPS) is 10.6. The van der Waals surface area contributed by atoms with Gasteiger partial charge in [0.05, 0.1) is 0 Å². The first-order valence-corrected chi connectivity index (χ1v) is 9.54. The lowest BCUT2D eigenvalue weighted by atomic mass is 10.1. The van der Waals surface area contributed by atoms with E-state index < -0.39 is 0 Å². The number of hydrogen-bond acceptors (Lipinski definition) is 5. The number of aryl methyl sites for hydroxylation is 2. The number of para-hydroxylation sites is 1. The molecule has 146 valence electrons. The zero-order valence-corrected chi connectivity index (χ0v) is 16.4. The summed E-state index contributed by atoms with van der Waals surface area (Å²) in [5, 5.41) is 11.0. The summed E-state index contributed by atoms with van der Waals surface area (Å²) in [5.74, 6) is 0.964. The monoisotopic (exact) mass is 378 g/mol. The van der Waals surface area contributed by atoms with Gasteiger partial charge in [0.25, 0.3) is 0 Å². The van der Waals surface area contributed by atoms with Gasteiger partial charge in [-0.15, -0.1) is 10.2 Å². The van der Waals surface area contributed by atoms with Gasteiger partial charge >= 0.3 is 0 Å². The summed E-state index contributed by atoms with van der Waals surface area (Å²) in [6.45, 7) is 3.56. The van der Waals surface area contributed by atoms with Crippen LogP contribution in [0.1, 0.15) is 24.3 Å². The topological polar surface area (TPSA) is 71.3 Å². The standard InChI is InChI=1S/C22H26N4O2/c1-17-9-11-18(12-10-17)22-25-24-21(28-22)14-13-20(27)23-15-6-16-26(2)19-7-4-3-5-8-19/h3-5,7-12H,6,13-16H2,1-2H3,(H,23,27). The van der Waals surface area contributed by atoms with Gasteiger partial charge in [-0.1, -0.05) is 35.9 Å². The summed E-state index contributed by atoms with van der Waals surface area (Å²) in [7, 11) is 2.05. The minimum Gasteiger partial charge on any atom is -0.421 e. The van der Waals surface area contributed by atoms with Crippen molar-refractivity contribution < 1.29 is 9.21 Å². The predicted octanol–water partition coefficient (Wildman–Crippen LogP) is 3.62. The Bertz CT molecular complexity index is 875. The van der Waals surface area contributed by atoms with Crippen LogP contribution in [0.3, 0.4) is 0 Å². The maximum atomic E-state index is 12.0. The van der Waals surface area contributed by atoms with E-state index in [1.54, 1.807) is 0 Å². The molecule has 0 aliphatic heterocycles. The zero-order valence-electron chi connectivity index (χ0n) is 16.4. The van der Waals surface area contributed by atoms with Gasteiger partial charge in [0.1, 0.15) is 0 Å². The highest BCUT2D eigenvalue weighted by Gasteiger charge is 2.10. The fraction of sp³-hybridized carbons (Fsp3) is 0.318. The second-order valence-corrected chi connectivity index (χ2v) is 6.83. The first-order valence-electron chi connectivity index (χ1n) is 9.54. The van der Waals surface area contributed by atoms with Gasteiger partial charge in [-0.3, -0.25) is 4.79 Å². The second-order valence-electron chi connectivity index (χ2n) is 6.83. The number of carbonyl (C=O) groups is 1. The van der Waals surface area contributed by atoms with Crippen molar-refractivity contribution in [2.75, 3.05) is 25.0 Å². The summed E-state index contributed by atoms with van der Waals surface area (Å²) in [6.07, 6.45) is 1.66. The molecule has 0 fully saturated rings. The molecule has 1 aromatic heterocycles. The van der Waals surface area contributed by atoms with Crippen LogP contribution in [-0.2, 0) is 11.2 Å². The lowest BCUT2D eigenvalue weighted by Gasteiger charge is -2.19. The molecule has 0 radical (unpaired) electrons. The lowest BCUT2D eigenvalue weighted by Crippen LogP contribution is -2.28. The molecule has 1 amide bonds. The molecule has 1 heterocycles. The Balaban J connectivity index is 1.36. The van der Waals surface area contributed by atoms with Crippen LogP contribution in [0.15, 0.2) is 59.0 Å². The van der Waals surface area contributed by atoms with Crippen LogP contribution < -0.4 is 10.2 Å². The fourth-order valence-corrected chi connectivity index (χ4v) is 2.83. The van der Waals surface area contributed by atoms with E-state index in [4.69, 9.17) is 4.42 Å². The van der Waals surface area contributed by atoms with E-state index in [-0.39, 0.29) is 5.91 Å². The van der Waals surface area contributed by atoms with Crippen molar-refractivity contribution in [2.24, 2.45) is 0 Å². The van der Waals surface area contributed by atoms with Crippen molar-refractivity contribution in [3.8, 4) is 11.5 Å². The Morgan fingerprint density at radius 2 is 1.82 bits per heavy atom. The van der Waals surface area contributed by atoms with E-state index in [0.29, 0.717) is 31.2 Å². The zero-order chi connectivity index (χ0) is 19.8. The molecule has 3 rings (SSSR count). The Hall–Kier alpha value is -3.15. The number of carbonyl (C=O) groups excluding carboxylic acids is 1. The molecule has 0 atom stereocenters. The van der Waals surface area contributed by atoms with E-state index in [2.05, 4.69) is 39.6 Å². The Labute approximate surface area is 165 Å². The van der Waals surface area contributed by atoms with E-state index in [0.717, 1.165) is 18.5 Å². The molecule has 0 saturated carbocycles. The van der Waals surface area contributed by atoms with Gasteiger partial charge < -0.3 is 14.6 Å². The van der Waals surface area contributed by atoms with E-state index in [9.17, 15) is 4.79 Å². The molecule has 2 aromatic carbocycles. The molecule has 3 aromatic rings. The Morgan fingerprint density at radius 3 is 2.57 bits per heavy atom. The third-order valence-corrected chi connectivity index (χ3v) is 4.52. The maximum absolute atomic E-state index is 12.0. The van der Waals surface area contributed by atoms with Gasteiger partial charge in [-0.25, -0.2) is 0 Å². The largest absolute Gasteiger partial charge is 0.421 e. The molecule has 6 nitrogen and oxygen atoms in total. The van der Waals surface area contributed by atoms with Crippen LogP contribution >= 0.6 is 0 Å². The van der Waals surface area contributed by atoms with Crippen LogP contribution in [0, 0.1) is 6.92 Å². The average molecular weight is 378 g/mol. The highest BCUT2D eigenvalue weighted by molar-refractivity contribution is 5.76. The number of hydrogen-bond donors (Lipinski definition) is 1. The summed E-state index contributed by atoms with van der Waals surface area (Å²) >= 11 is 0. The number of nitrogens with zero attached hydrogens (tertiary/aromatic N) is 3. The molecule has 1 N–H and O–H groups in total. The number of benzene rings is 2. The van der Waals surface area contributed by atoms with Gasteiger partial charge in [0.15, 0.2) is 0 Å². The Morgan fingerprint density at radius 1 is 1.07 bits per heavy atom. The molecule has 28 heavy (non-hydrogen) atoms. The molecule has 6 heteroatoms.